The first kappa shape index (κ1) is 70.5. The fourth-order valence-corrected chi connectivity index (χ4v) is 19.5. The van der Waals surface area contributed by atoms with Crippen LogP contribution in [0, 0.1) is 105 Å². The number of allylic oxidation sites excluding steroid dienone is 10. The van der Waals surface area contributed by atoms with Gasteiger partial charge in [-0.25, -0.2) is 0 Å². The molecular weight excluding hydrogens is 1080 g/mol. The summed E-state index contributed by atoms with van der Waals surface area (Å²) in [6.45, 7) is 32.8. The van der Waals surface area contributed by atoms with Crippen LogP contribution in [0.1, 0.15) is 224 Å². The van der Waals surface area contributed by atoms with Crippen LogP contribution in [0.4, 0.5) is 0 Å². The Morgan fingerprint density at radius 3 is 1.19 bits per heavy atom. The molecular formula is C78H120O6Ti+4. The summed E-state index contributed by atoms with van der Waals surface area (Å²) < 4.78 is 0. The van der Waals surface area contributed by atoms with Gasteiger partial charge < -0.3 is 20.4 Å². The van der Waals surface area contributed by atoms with E-state index in [-0.39, 0.29) is 57.0 Å². The van der Waals surface area contributed by atoms with Crippen molar-refractivity contribution in [3.8, 4) is 0 Å². The summed E-state index contributed by atoms with van der Waals surface area (Å²) in [5.74, 6) is 11.9. The molecule has 0 bridgehead atoms. The van der Waals surface area contributed by atoms with E-state index in [0.29, 0.717) is 44.6 Å². The number of fused-ring (bicyclic) bond motifs is 10. The summed E-state index contributed by atoms with van der Waals surface area (Å²) in [4.78, 5) is 18.7. The summed E-state index contributed by atoms with van der Waals surface area (Å²) in [5.41, 5.74) is 6.65. The minimum atomic E-state index is 0. The SMILES string of the molecule is C/C(O)=C/C(=[OH+])c1ccccc1.C/C(O)=C/C(=[OH+])c1ccccc1.CCC(C=CC(C)C1CCC2C3CC=C4CC([OH2+])CCC4(C)C3CCC12C)C(C)C.CCC(C=CC(C)C1CCC2C3CC=C4CC([OH2+])CCC4(C)C3CCC12C)C(C)C.[Ti]. The Morgan fingerprint density at radius 1 is 0.518 bits per heavy atom. The van der Waals surface area contributed by atoms with Gasteiger partial charge >= 0.3 is 11.6 Å². The second kappa shape index (κ2) is 30.8. The van der Waals surface area contributed by atoms with Gasteiger partial charge in [0.15, 0.2) is 12.2 Å². The quantitative estimate of drug-likeness (QED) is 0.0488. The van der Waals surface area contributed by atoms with Gasteiger partial charge in [-0.3, -0.25) is 9.59 Å². The second-order valence-electron chi connectivity index (χ2n) is 30.0. The number of aliphatic hydroxyl groups is 2. The fourth-order valence-electron chi connectivity index (χ4n) is 19.5. The first-order chi connectivity index (χ1) is 39.8. The van der Waals surface area contributed by atoms with Gasteiger partial charge in [-0.15, -0.1) is 0 Å². The number of hydrogen-bond donors (Lipinski definition) is 2. The number of carbonyl (C=O) groups excluding carboxylic acids is 2. The molecule has 0 amide bonds. The standard InChI is InChI=1S/2C29H48O.2C10H10O2.Ti/c2*1-7-21(19(2)3)9-8-20(4)25-12-13-26-24-11-10-22-18-23(30)14-16-28(22,5)27(24)15-17-29(25,26)6;2*1-8(11)7-10(12)9-5-3-2-4-6-9;/h2*8-10,19-21,23-27,30H,7,11-18H2,1-6H3;2*2-7,11H,1H3;/p+4/b;;2*8-7-;. The molecule has 8 aliphatic carbocycles. The van der Waals surface area contributed by atoms with Crippen LogP contribution >= 0.6 is 0 Å². The maximum absolute atomic E-state index is 9.37. The van der Waals surface area contributed by atoms with Gasteiger partial charge in [-0.1, -0.05) is 167 Å². The minimum absolute atomic E-state index is 0. The van der Waals surface area contributed by atoms with E-state index >= 15 is 0 Å². The zero-order valence-corrected chi connectivity index (χ0v) is 57.2. The maximum Gasteiger partial charge on any atom is 0.350 e. The predicted molar refractivity (Wildman–Crippen MR) is 357 cm³/mol. The largest absolute Gasteiger partial charge is 0.512 e. The zero-order valence-electron chi connectivity index (χ0n) is 55.6. The van der Waals surface area contributed by atoms with E-state index in [0.717, 1.165) is 96.7 Å². The van der Waals surface area contributed by atoms with Crippen molar-refractivity contribution in [3.63, 3.8) is 0 Å². The van der Waals surface area contributed by atoms with E-state index in [1.807, 2.05) is 36.4 Å². The van der Waals surface area contributed by atoms with E-state index < -0.39 is 0 Å². The molecule has 8 aliphatic rings. The summed E-state index contributed by atoms with van der Waals surface area (Å²) >= 11 is 0. The summed E-state index contributed by atoms with van der Waals surface area (Å²) in [5, 5.41) is 34.3. The van der Waals surface area contributed by atoms with Crippen molar-refractivity contribution in [2.75, 3.05) is 0 Å². The van der Waals surface area contributed by atoms with Gasteiger partial charge in [-0.05, 0) is 233 Å². The average molecular weight is 1200 g/mol. The molecule has 10 rings (SSSR count). The van der Waals surface area contributed by atoms with Gasteiger partial charge in [0.2, 0.25) is 0 Å². The molecule has 6 saturated carbocycles. The molecule has 0 aromatic heterocycles. The van der Waals surface area contributed by atoms with Crippen molar-refractivity contribution in [2.24, 2.45) is 105 Å². The number of aliphatic hydroxyl groups excluding tert-OH is 2. The van der Waals surface area contributed by atoms with Crippen molar-refractivity contribution in [1.82, 2.24) is 0 Å². The second-order valence-corrected chi connectivity index (χ2v) is 30.0. The monoisotopic (exact) mass is 1200 g/mol. The Hall–Kier alpha value is -3.55. The van der Waals surface area contributed by atoms with E-state index in [9.17, 15) is 9.59 Å². The van der Waals surface area contributed by atoms with Crippen LogP contribution < -0.4 is 0 Å². The van der Waals surface area contributed by atoms with Crippen LogP contribution in [0.25, 0.3) is 0 Å². The Labute approximate surface area is 532 Å². The van der Waals surface area contributed by atoms with Gasteiger partial charge in [-0.2, -0.15) is 0 Å². The van der Waals surface area contributed by atoms with Crippen LogP contribution in [0.15, 0.2) is 132 Å². The average Bonchev–Trinajstić information content (AvgIpc) is 1.77. The van der Waals surface area contributed by atoms with Gasteiger partial charge in [0.1, 0.15) is 0 Å². The van der Waals surface area contributed by atoms with Crippen molar-refractivity contribution in [2.45, 2.75) is 225 Å². The molecule has 18 unspecified atom stereocenters. The number of benzene rings is 2. The van der Waals surface area contributed by atoms with E-state index in [1.54, 1.807) is 35.4 Å². The van der Waals surface area contributed by atoms with Gasteiger partial charge in [0.25, 0.3) is 0 Å². The van der Waals surface area contributed by atoms with E-state index in [2.05, 4.69) is 120 Å². The summed E-state index contributed by atoms with van der Waals surface area (Å²) in [6, 6.07) is 18.1. The normalized spacial score (nSPS) is 35.4. The van der Waals surface area contributed by atoms with E-state index in [4.69, 9.17) is 20.4 Å². The third kappa shape index (κ3) is 16.3. The van der Waals surface area contributed by atoms with E-state index in [1.165, 1.54) is 116 Å². The Bertz CT molecular complexity index is 2470. The minimum Gasteiger partial charge on any atom is -0.512 e. The third-order valence-electron chi connectivity index (χ3n) is 24.4. The fraction of sp³-hybridized carbons (Fsp3) is 0.667. The van der Waals surface area contributed by atoms with Gasteiger partial charge in [0, 0.05) is 47.4 Å². The molecule has 468 valence electrons. The van der Waals surface area contributed by atoms with Crippen molar-refractivity contribution in [3.05, 3.63) is 143 Å². The Balaban J connectivity index is 0.000000197. The molecule has 6 nitrogen and oxygen atoms in total. The molecule has 2 aromatic carbocycles. The smallest absolute Gasteiger partial charge is 0.350 e. The first-order valence-corrected chi connectivity index (χ1v) is 34.0. The molecule has 0 radical (unpaired) electrons. The molecule has 2 aromatic rings. The van der Waals surface area contributed by atoms with Crippen molar-refractivity contribution in [1.29, 1.82) is 0 Å². The molecule has 6 fully saturated rings. The molecule has 8 N–H and O–H groups in total. The van der Waals surface area contributed by atoms with Crippen LogP contribution in [-0.2, 0) is 21.7 Å². The number of hydrogen-bond acceptors (Lipinski definition) is 2. The van der Waals surface area contributed by atoms with Crippen molar-refractivity contribution < 1.29 is 51.7 Å². The molecule has 7 heteroatoms. The molecule has 18 atom stereocenters. The maximum atomic E-state index is 9.37. The molecule has 0 heterocycles. The zero-order chi connectivity index (χ0) is 61.3. The molecule has 0 spiro atoms. The topological polar surface area (TPSA) is 129 Å². The van der Waals surface area contributed by atoms with Crippen LogP contribution in [-0.4, -0.2) is 53.8 Å². The van der Waals surface area contributed by atoms with Gasteiger partial charge in [0.05, 0.1) is 34.8 Å². The molecule has 85 heavy (non-hydrogen) atoms. The van der Waals surface area contributed by atoms with Crippen LogP contribution in [0.5, 0.6) is 0 Å². The summed E-state index contributed by atoms with van der Waals surface area (Å²) in [7, 11) is 0. The Morgan fingerprint density at radius 2 is 0.871 bits per heavy atom. The molecule has 0 saturated heterocycles. The Kier molecular flexibility index (Phi) is 25.5. The van der Waals surface area contributed by atoms with Crippen molar-refractivity contribution >= 4 is 11.6 Å². The molecule has 0 aliphatic heterocycles. The number of rotatable bonds is 14. The predicted octanol–water partition coefficient (Wildman–Crippen LogP) is 19.1. The third-order valence-corrected chi connectivity index (χ3v) is 24.4. The van der Waals surface area contributed by atoms with Crippen LogP contribution in [0.3, 0.4) is 0 Å². The number of ketones is 2. The first-order valence-electron chi connectivity index (χ1n) is 34.0. The summed E-state index contributed by atoms with van der Waals surface area (Å²) in [6.07, 6.45) is 42.1. The van der Waals surface area contributed by atoms with Crippen LogP contribution in [0.2, 0.25) is 0 Å².